The van der Waals surface area contributed by atoms with Gasteiger partial charge < -0.3 is 20.5 Å². The smallest absolute Gasteiger partial charge is 0.270 e. The minimum atomic E-state index is -0.937. The van der Waals surface area contributed by atoms with Crippen LogP contribution in [0.3, 0.4) is 0 Å². The zero-order valence-electron chi connectivity index (χ0n) is 16.1. The van der Waals surface area contributed by atoms with Gasteiger partial charge in [-0.3, -0.25) is 9.59 Å². The first kappa shape index (κ1) is 21.5. The van der Waals surface area contributed by atoms with Gasteiger partial charge in [0.2, 0.25) is 0 Å². The van der Waals surface area contributed by atoms with Gasteiger partial charge in [-0.2, -0.15) is 0 Å². The van der Waals surface area contributed by atoms with Gasteiger partial charge in [0.05, 0.1) is 21.7 Å². The van der Waals surface area contributed by atoms with E-state index in [0.29, 0.717) is 23.6 Å². The third kappa shape index (κ3) is 4.66. The van der Waals surface area contributed by atoms with Crippen LogP contribution >= 0.6 is 23.2 Å². The lowest BCUT2D eigenvalue weighted by atomic mass is 9.63. The van der Waals surface area contributed by atoms with Crippen molar-refractivity contribution < 1.29 is 23.8 Å². The first-order valence-corrected chi connectivity index (χ1v) is 10.2. The van der Waals surface area contributed by atoms with E-state index in [4.69, 9.17) is 27.9 Å². The number of aromatic nitrogens is 1. The fraction of sp³-hybridized carbons (Fsp3) is 0.286. The number of aliphatic hydroxyl groups excluding tert-OH is 1. The second-order valence-corrected chi connectivity index (χ2v) is 8.44. The Balaban J connectivity index is 1.34. The molecule has 1 heterocycles. The number of hydrogen-bond acceptors (Lipinski definition) is 5. The molecule has 0 radical (unpaired) electrons. The molecule has 3 aliphatic rings. The van der Waals surface area contributed by atoms with Gasteiger partial charge in [-0.05, 0) is 42.7 Å². The van der Waals surface area contributed by atoms with Gasteiger partial charge in [-0.1, -0.05) is 23.2 Å². The van der Waals surface area contributed by atoms with Gasteiger partial charge in [0.1, 0.15) is 17.3 Å². The summed E-state index contributed by atoms with van der Waals surface area (Å²) in [6, 6.07) is 6.99. The molecule has 3 aliphatic carbocycles. The number of halogens is 3. The lowest BCUT2D eigenvalue weighted by molar-refractivity contribution is -0.123. The molecule has 1 saturated carbocycles. The first-order chi connectivity index (χ1) is 14.7. The summed E-state index contributed by atoms with van der Waals surface area (Å²) >= 11 is 11.4. The van der Waals surface area contributed by atoms with E-state index >= 15 is 0 Å². The summed E-state index contributed by atoms with van der Waals surface area (Å²) in [5.41, 5.74) is 0.949. The third-order valence-electron chi connectivity index (χ3n) is 5.28. The average Bonchev–Trinajstić information content (AvgIpc) is 2.70. The Morgan fingerprint density at radius 1 is 1.26 bits per heavy atom. The van der Waals surface area contributed by atoms with Crippen molar-refractivity contribution in [1.29, 1.82) is 0 Å². The zero-order valence-corrected chi connectivity index (χ0v) is 17.6. The number of rotatable bonds is 6. The van der Waals surface area contributed by atoms with Crippen LogP contribution in [0.2, 0.25) is 10.0 Å². The Labute approximate surface area is 187 Å². The minimum absolute atomic E-state index is 0.0403. The number of ether oxygens (including phenoxy) is 1. The standard InChI is InChI=1S/C21H18Cl2FN3O4/c22-12-1-4-16(25-9-12)20(30)27-21-6-11(7-21)19(17(28)8-21)26-18(29)10-31-13-2-3-14(23)15(24)5-13/h1-5,9,17,28H,6-8,10H2,(H,26,29)(H,27,30)/t17-/m0/s1. The fourth-order valence-corrected chi connectivity index (χ4v) is 4.07. The normalized spacial score (nSPS) is 21.9. The van der Waals surface area contributed by atoms with E-state index in [1.165, 1.54) is 24.4 Å². The number of aliphatic hydroxyl groups is 1. The first-order valence-electron chi connectivity index (χ1n) is 9.46. The molecule has 10 heteroatoms. The highest BCUT2D eigenvalue weighted by Gasteiger charge is 2.50. The predicted molar refractivity (Wildman–Crippen MR) is 111 cm³/mol. The van der Waals surface area contributed by atoms with Crippen LogP contribution in [0.15, 0.2) is 47.8 Å². The van der Waals surface area contributed by atoms with E-state index < -0.39 is 23.4 Å². The maximum atomic E-state index is 13.4. The molecule has 0 unspecified atom stereocenters. The lowest BCUT2D eigenvalue weighted by Gasteiger charge is -2.51. The van der Waals surface area contributed by atoms with Crippen molar-refractivity contribution in [2.75, 3.05) is 6.61 Å². The van der Waals surface area contributed by atoms with E-state index in [1.54, 1.807) is 6.07 Å². The van der Waals surface area contributed by atoms with Gasteiger partial charge in [0, 0.05) is 24.4 Å². The molecule has 1 aromatic heterocycles. The molecule has 5 rings (SSSR count). The highest BCUT2D eigenvalue weighted by atomic mass is 35.5. The van der Waals surface area contributed by atoms with Gasteiger partial charge in [0.25, 0.3) is 11.8 Å². The molecule has 2 bridgehead atoms. The van der Waals surface area contributed by atoms with Gasteiger partial charge in [0.15, 0.2) is 6.61 Å². The van der Waals surface area contributed by atoms with Crippen LogP contribution in [0.1, 0.15) is 29.8 Å². The van der Waals surface area contributed by atoms with Crippen LogP contribution in [-0.2, 0) is 4.79 Å². The molecule has 3 N–H and O–H groups in total. The Kier molecular flexibility index (Phi) is 5.88. The molecule has 2 aromatic rings. The number of amides is 2. The van der Waals surface area contributed by atoms with Crippen molar-refractivity contribution in [3.8, 4) is 5.75 Å². The van der Waals surface area contributed by atoms with Gasteiger partial charge in [-0.25, -0.2) is 9.37 Å². The van der Waals surface area contributed by atoms with Crippen molar-refractivity contribution in [3.63, 3.8) is 0 Å². The second kappa shape index (κ2) is 8.45. The number of carbonyl (C=O) groups is 2. The number of fused-ring (bicyclic) bond motifs is 2. The zero-order chi connectivity index (χ0) is 22.2. The molecular formula is C21H18Cl2FN3O4. The molecule has 0 aliphatic heterocycles. The van der Waals surface area contributed by atoms with Crippen molar-refractivity contribution in [3.05, 3.63) is 69.4 Å². The van der Waals surface area contributed by atoms with Crippen molar-refractivity contribution in [2.45, 2.75) is 30.9 Å². The molecule has 31 heavy (non-hydrogen) atoms. The number of benzene rings is 1. The number of pyridine rings is 1. The van der Waals surface area contributed by atoms with E-state index in [9.17, 15) is 19.1 Å². The molecule has 2 amide bonds. The summed E-state index contributed by atoms with van der Waals surface area (Å²) in [7, 11) is 0. The van der Waals surface area contributed by atoms with E-state index in [0.717, 1.165) is 11.6 Å². The van der Waals surface area contributed by atoms with Gasteiger partial charge >= 0.3 is 0 Å². The Hall–Kier alpha value is -2.68. The molecule has 1 aromatic carbocycles. The molecule has 162 valence electrons. The second-order valence-electron chi connectivity index (χ2n) is 7.60. The number of nitrogens with zero attached hydrogens (tertiary/aromatic N) is 1. The maximum absolute atomic E-state index is 13.4. The quantitative estimate of drug-likeness (QED) is 0.608. The summed E-state index contributed by atoms with van der Waals surface area (Å²) in [4.78, 5) is 28.7. The van der Waals surface area contributed by atoms with Crippen LogP contribution in [0, 0.1) is 5.82 Å². The van der Waals surface area contributed by atoms with Crippen LogP contribution < -0.4 is 15.4 Å². The van der Waals surface area contributed by atoms with Crippen molar-refractivity contribution in [2.24, 2.45) is 0 Å². The topological polar surface area (TPSA) is 101 Å². The number of hydrogen-bond donors (Lipinski definition) is 3. The van der Waals surface area contributed by atoms with Crippen LogP contribution in [0.25, 0.3) is 0 Å². The number of nitrogens with one attached hydrogen (secondary N) is 2. The van der Waals surface area contributed by atoms with Crippen LogP contribution in [0.5, 0.6) is 5.75 Å². The Morgan fingerprint density at radius 2 is 2.03 bits per heavy atom. The van der Waals surface area contributed by atoms with E-state index in [2.05, 4.69) is 15.6 Å². The van der Waals surface area contributed by atoms with Crippen molar-refractivity contribution >= 4 is 35.0 Å². The Morgan fingerprint density at radius 3 is 2.68 bits per heavy atom. The third-order valence-corrected chi connectivity index (χ3v) is 5.81. The molecule has 7 nitrogen and oxygen atoms in total. The van der Waals surface area contributed by atoms with Crippen LogP contribution in [-0.4, -0.2) is 40.2 Å². The highest BCUT2D eigenvalue weighted by Crippen LogP contribution is 2.47. The van der Waals surface area contributed by atoms with Gasteiger partial charge in [-0.15, -0.1) is 0 Å². The minimum Gasteiger partial charge on any atom is -0.484 e. The maximum Gasteiger partial charge on any atom is 0.270 e. The van der Waals surface area contributed by atoms with E-state index in [1.807, 2.05) is 0 Å². The summed E-state index contributed by atoms with van der Waals surface area (Å²) in [6.45, 7) is -0.352. The highest BCUT2D eigenvalue weighted by molar-refractivity contribution is 6.30. The summed E-state index contributed by atoms with van der Waals surface area (Å²) < 4.78 is 18.7. The molecule has 0 spiro atoms. The summed E-state index contributed by atoms with van der Waals surface area (Å²) in [6.07, 6.45) is 1.75. The lowest BCUT2D eigenvalue weighted by Crippen LogP contribution is -2.61. The fourth-order valence-electron chi connectivity index (χ4n) is 3.84. The van der Waals surface area contributed by atoms with Crippen molar-refractivity contribution in [1.82, 2.24) is 15.6 Å². The van der Waals surface area contributed by atoms with Crippen LogP contribution in [0.4, 0.5) is 4.39 Å². The largest absolute Gasteiger partial charge is 0.484 e. The monoisotopic (exact) mass is 465 g/mol. The Bertz CT molecular complexity index is 1070. The SMILES string of the molecule is O=C(COc1ccc(Cl)c(F)c1)NC1=C2CC(NC(=O)c3ccc(Cl)cn3)(C2)C[C@@H]1O. The summed E-state index contributed by atoms with van der Waals surface area (Å²) in [5.74, 6) is -1.31. The molecular weight excluding hydrogens is 448 g/mol. The molecule has 1 atom stereocenters. The molecule has 0 saturated heterocycles. The van der Waals surface area contributed by atoms with E-state index in [-0.39, 0.29) is 35.4 Å². The predicted octanol–water partition coefficient (Wildman–Crippen LogP) is 3.00. The summed E-state index contributed by atoms with van der Waals surface area (Å²) in [5, 5.41) is 16.5. The molecule has 1 fully saturated rings. The number of carbonyl (C=O) groups excluding carboxylic acids is 2. The average molecular weight is 466 g/mol.